The molecule has 0 aromatic rings. The van der Waals surface area contributed by atoms with Crippen molar-refractivity contribution in [3.05, 3.63) is 0 Å². The molecule has 10 heavy (non-hydrogen) atoms. The molecule has 0 aromatic heterocycles. The molecular weight excluding hydrogens is 166 g/mol. The second-order valence-corrected chi connectivity index (χ2v) is 5.97. The summed E-state index contributed by atoms with van der Waals surface area (Å²) < 4.78 is 9.63. The third-order valence-corrected chi connectivity index (χ3v) is 2.19. The van der Waals surface area contributed by atoms with E-state index < -0.39 is 0 Å². The molecule has 0 saturated carbocycles. The Morgan fingerprint density at radius 1 is 0.700 bits per heavy atom. The second-order valence-electron chi connectivity index (χ2n) is 1.99. The first kappa shape index (κ1) is 13.4. The van der Waals surface area contributed by atoms with Gasteiger partial charge < -0.3 is 9.05 Å². The fraction of sp³-hybridized carbons (Fsp3) is 1.00. The topological polar surface area (TPSA) is 18.5 Å². The fourth-order valence-corrected chi connectivity index (χ4v) is 0. The van der Waals surface area contributed by atoms with Crippen LogP contribution in [-0.2, 0) is 9.05 Å². The van der Waals surface area contributed by atoms with Crippen LogP contribution < -0.4 is 0 Å². The molecule has 0 N–H and O–H groups in total. The average Bonchev–Trinajstić information content (AvgIpc) is 1.89. The molecule has 0 unspecified atom stereocenters. The van der Waals surface area contributed by atoms with Crippen LogP contribution in [0.3, 0.4) is 0 Å². The van der Waals surface area contributed by atoms with Gasteiger partial charge in [-0.1, -0.05) is 0 Å². The lowest BCUT2D eigenvalue weighted by atomic mass is 11.8. The van der Waals surface area contributed by atoms with E-state index in [0.717, 1.165) is 0 Å². The van der Waals surface area contributed by atoms with Crippen LogP contribution in [0.4, 0.5) is 0 Å². The highest BCUT2D eigenvalue weighted by Gasteiger charge is 1.78. The predicted molar refractivity (Wildman–Crippen MR) is 51.6 cm³/mol. The van der Waals surface area contributed by atoms with Crippen LogP contribution in [0.15, 0.2) is 0 Å². The van der Waals surface area contributed by atoms with Crippen LogP contribution in [0, 0.1) is 0 Å². The van der Waals surface area contributed by atoms with Gasteiger partial charge >= 0.3 is 0 Å². The van der Waals surface area contributed by atoms with E-state index in [-0.39, 0.29) is 16.3 Å². The Morgan fingerprint density at radius 3 is 0.800 bits per heavy atom. The van der Waals surface area contributed by atoms with Gasteiger partial charge in [-0.3, -0.25) is 0 Å². The molecule has 0 aliphatic rings. The highest BCUT2D eigenvalue weighted by molar-refractivity contribution is 7.50. The van der Waals surface area contributed by atoms with E-state index in [9.17, 15) is 0 Å². The van der Waals surface area contributed by atoms with Crippen molar-refractivity contribution in [1.82, 2.24) is 0 Å². The Labute approximate surface area is 67.0 Å². The highest BCUT2D eigenvalue weighted by atomic mass is 31.1. The quantitative estimate of drug-likeness (QED) is 0.614. The van der Waals surface area contributed by atoms with Crippen molar-refractivity contribution in [3.8, 4) is 0 Å². The van der Waals surface area contributed by atoms with Crippen LogP contribution >= 0.6 is 16.3 Å². The SMILES string of the molecule is COP(C)C.COP(C)C. The van der Waals surface area contributed by atoms with Crippen molar-refractivity contribution in [3.63, 3.8) is 0 Å². The lowest BCUT2D eigenvalue weighted by molar-refractivity contribution is 0.468. The molecular formula is C6H18O2P2. The Morgan fingerprint density at radius 2 is 0.800 bits per heavy atom. The van der Waals surface area contributed by atoms with Gasteiger partial charge in [-0.2, -0.15) is 0 Å². The summed E-state index contributed by atoms with van der Waals surface area (Å²) in [7, 11) is 3.26. The smallest absolute Gasteiger partial charge is 0.0397 e. The largest absolute Gasteiger partial charge is 0.363 e. The van der Waals surface area contributed by atoms with Gasteiger partial charge in [0.2, 0.25) is 0 Å². The zero-order chi connectivity index (χ0) is 8.57. The van der Waals surface area contributed by atoms with Crippen molar-refractivity contribution < 1.29 is 9.05 Å². The van der Waals surface area contributed by atoms with Crippen molar-refractivity contribution in [2.45, 2.75) is 0 Å². The first-order valence-corrected chi connectivity index (χ1v) is 7.28. The molecule has 0 fully saturated rings. The minimum absolute atomic E-state index is 0.0983. The number of hydrogen-bond donors (Lipinski definition) is 0. The second kappa shape index (κ2) is 9.78. The van der Waals surface area contributed by atoms with Gasteiger partial charge in [0.25, 0.3) is 0 Å². The Kier molecular flexibility index (Phi) is 13.1. The lowest BCUT2D eigenvalue weighted by Crippen LogP contribution is -1.65. The molecule has 0 saturated heterocycles. The minimum Gasteiger partial charge on any atom is -0.363 e. The van der Waals surface area contributed by atoms with Crippen LogP contribution in [0.25, 0.3) is 0 Å². The van der Waals surface area contributed by atoms with Crippen LogP contribution in [0.5, 0.6) is 0 Å². The van der Waals surface area contributed by atoms with Crippen LogP contribution in [0.1, 0.15) is 0 Å². The van der Waals surface area contributed by atoms with Gasteiger partial charge in [0.05, 0.1) is 0 Å². The van der Waals surface area contributed by atoms with Gasteiger partial charge in [0, 0.05) is 30.5 Å². The van der Waals surface area contributed by atoms with E-state index >= 15 is 0 Å². The van der Waals surface area contributed by atoms with Crippen LogP contribution in [0.2, 0.25) is 0 Å². The van der Waals surface area contributed by atoms with E-state index in [0.29, 0.717) is 0 Å². The molecule has 0 atom stereocenters. The molecule has 4 heteroatoms. The molecule has 0 aliphatic carbocycles. The lowest BCUT2D eigenvalue weighted by Gasteiger charge is -1.94. The van der Waals surface area contributed by atoms with Gasteiger partial charge in [-0.15, -0.1) is 0 Å². The maximum Gasteiger partial charge on any atom is 0.0397 e. The molecule has 0 amide bonds. The van der Waals surface area contributed by atoms with Gasteiger partial charge in [0.1, 0.15) is 0 Å². The molecule has 0 spiro atoms. The van der Waals surface area contributed by atoms with Crippen molar-refractivity contribution >= 4 is 16.3 Å². The monoisotopic (exact) mass is 184 g/mol. The molecule has 0 bridgehead atoms. The standard InChI is InChI=1S/2C3H9OP/c2*1-4-5(2)3/h2*1-3H3. The van der Waals surface area contributed by atoms with Gasteiger partial charge in [0.15, 0.2) is 0 Å². The Bertz CT molecular complexity index is 49.7. The van der Waals surface area contributed by atoms with Gasteiger partial charge in [-0.05, 0) is 26.7 Å². The van der Waals surface area contributed by atoms with Crippen molar-refractivity contribution in [2.24, 2.45) is 0 Å². The molecule has 64 valence electrons. The van der Waals surface area contributed by atoms with Crippen molar-refractivity contribution in [2.75, 3.05) is 40.9 Å². The fourth-order valence-electron chi connectivity index (χ4n) is 0. The number of hydrogen-bond acceptors (Lipinski definition) is 2. The Hall–Kier alpha value is 0.780. The molecule has 0 aromatic carbocycles. The third kappa shape index (κ3) is 23.3. The molecule has 0 aliphatic heterocycles. The van der Waals surface area contributed by atoms with Gasteiger partial charge in [-0.25, -0.2) is 0 Å². The maximum atomic E-state index is 4.81. The summed E-state index contributed by atoms with van der Waals surface area (Å²) in [4.78, 5) is 0. The zero-order valence-electron chi connectivity index (χ0n) is 7.71. The average molecular weight is 184 g/mol. The van der Waals surface area contributed by atoms with Crippen molar-refractivity contribution in [1.29, 1.82) is 0 Å². The highest BCUT2D eigenvalue weighted by Crippen LogP contribution is 2.22. The first-order chi connectivity index (χ1) is 4.54. The summed E-state index contributed by atoms with van der Waals surface area (Å²) >= 11 is 0. The minimum atomic E-state index is -0.0983. The van der Waals surface area contributed by atoms with E-state index in [2.05, 4.69) is 26.7 Å². The number of rotatable bonds is 2. The summed E-state index contributed by atoms with van der Waals surface area (Å²) in [5.41, 5.74) is 0. The van der Waals surface area contributed by atoms with E-state index in [4.69, 9.17) is 9.05 Å². The van der Waals surface area contributed by atoms with Crippen LogP contribution in [-0.4, -0.2) is 40.9 Å². The zero-order valence-corrected chi connectivity index (χ0v) is 9.50. The van der Waals surface area contributed by atoms with E-state index in [1.165, 1.54) is 0 Å². The first-order valence-electron chi connectivity index (χ1n) is 2.97. The molecule has 0 radical (unpaired) electrons. The summed E-state index contributed by atoms with van der Waals surface area (Å²) in [5.74, 6) is 0. The summed E-state index contributed by atoms with van der Waals surface area (Å²) in [6.45, 7) is 8.26. The summed E-state index contributed by atoms with van der Waals surface area (Å²) in [6, 6.07) is 0. The Balaban J connectivity index is 0. The molecule has 2 nitrogen and oxygen atoms in total. The summed E-state index contributed by atoms with van der Waals surface area (Å²) in [6.07, 6.45) is 0. The summed E-state index contributed by atoms with van der Waals surface area (Å²) in [5, 5.41) is 0. The molecule has 0 heterocycles. The molecule has 0 rings (SSSR count). The normalized spacial score (nSPS) is 9.60. The van der Waals surface area contributed by atoms with E-state index in [1.807, 2.05) is 0 Å². The van der Waals surface area contributed by atoms with E-state index in [1.54, 1.807) is 14.2 Å². The third-order valence-electron chi connectivity index (χ3n) is 0.730. The predicted octanol–water partition coefficient (Wildman–Crippen LogP) is 2.58. The maximum absolute atomic E-state index is 4.81.